The molecular formula is C102H125Cl2F2N9O22S2. The Morgan fingerprint density at radius 3 is 1.10 bits per heavy atom. The summed E-state index contributed by atoms with van der Waals surface area (Å²) in [6, 6.07) is 33.5. The lowest BCUT2D eigenvalue weighted by atomic mass is 9.88. The van der Waals surface area contributed by atoms with Gasteiger partial charge in [0.25, 0.3) is 0 Å². The second-order valence-electron chi connectivity index (χ2n) is 39.7. The van der Waals surface area contributed by atoms with Crippen LogP contribution in [0, 0.1) is 11.6 Å². The Labute approximate surface area is 822 Å². The average molecular weight is 2000 g/mol. The first-order valence-electron chi connectivity index (χ1n) is 46.0. The number of Topliss-reactive ketones (excluding diaryl/α,β-unsaturated/α-hetero) is 3. The first kappa shape index (κ1) is 106. The minimum Gasteiger partial charge on any atom is -0.493 e. The molecule has 0 radical (unpaired) electrons. The second kappa shape index (κ2) is 42.3. The number of carbonyl (C=O) groups is 3. The molecule has 31 nitrogen and oxygen atoms in total. The van der Waals surface area contributed by atoms with Crippen LogP contribution in [0.5, 0.6) is 57.5 Å². The van der Waals surface area contributed by atoms with Gasteiger partial charge in [-0.15, -0.1) is 0 Å². The van der Waals surface area contributed by atoms with Gasteiger partial charge in [0.2, 0.25) is 0 Å². The Kier molecular flexibility index (Phi) is 32.3. The van der Waals surface area contributed by atoms with E-state index in [2.05, 4.69) is 19.4 Å². The Hall–Kier alpha value is -10.0. The maximum atomic E-state index is 13.8. The van der Waals surface area contributed by atoms with Crippen molar-refractivity contribution < 1.29 is 115 Å². The van der Waals surface area contributed by atoms with Gasteiger partial charge in [0.15, 0.2) is 85.2 Å². The summed E-state index contributed by atoms with van der Waals surface area (Å²) in [5.74, 6) is 3.39. The number of fused-ring (bicyclic) bond motifs is 4. The van der Waals surface area contributed by atoms with Crippen molar-refractivity contribution in [2.75, 3.05) is 54.3 Å². The summed E-state index contributed by atoms with van der Waals surface area (Å²) in [6.07, 6.45) is 2.56. The monoisotopic (exact) mass is 2000 g/mol. The summed E-state index contributed by atoms with van der Waals surface area (Å²) in [5.41, 5.74) is 17.1. The van der Waals surface area contributed by atoms with Gasteiger partial charge in [-0.1, -0.05) is 23.2 Å². The number of ketones is 3. The van der Waals surface area contributed by atoms with E-state index in [4.69, 9.17) is 97.7 Å². The van der Waals surface area contributed by atoms with Crippen molar-refractivity contribution in [3.05, 3.63) is 211 Å². The summed E-state index contributed by atoms with van der Waals surface area (Å²) < 4.78 is 115. The highest BCUT2D eigenvalue weighted by molar-refractivity contribution is 7.84. The third kappa shape index (κ3) is 24.5. The number of carbonyl (C=O) groups excluding carboxylic acids is 3. The highest BCUT2D eigenvalue weighted by Gasteiger charge is 2.47. The quantitative estimate of drug-likeness (QED) is 0.0134. The van der Waals surface area contributed by atoms with Crippen LogP contribution in [0.25, 0.3) is 22.5 Å². The minimum absolute atomic E-state index is 0.00980. The number of nitrogens with one attached hydrogen (secondary N) is 2. The second-order valence-corrected chi connectivity index (χ2v) is 44.1. The summed E-state index contributed by atoms with van der Waals surface area (Å²) in [4.78, 5) is 57.2. The molecule has 0 spiro atoms. The van der Waals surface area contributed by atoms with Crippen molar-refractivity contribution in [3.63, 3.8) is 0 Å². The molecule has 750 valence electrons. The van der Waals surface area contributed by atoms with Gasteiger partial charge in [-0.05, 0) is 237 Å². The molecule has 3 aliphatic carbocycles. The highest BCUT2D eigenvalue weighted by atomic mass is 35.5. The van der Waals surface area contributed by atoms with Crippen molar-refractivity contribution in [2.24, 2.45) is 17.2 Å². The minimum atomic E-state index is -1.54. The zero-order valence-electron chi connectivity index (χ0n) is 80.8. The lowest BCUT2D eigenvalue weighted by molar-refractivity contribution is -0.0122. The molecule has 0 saturated heterocycles. The lowest BCUT2D eigenvalue weighted by Gasteiger charge is -2.32. The number of aliphatic hydroxyl groups excluding tert-OH is 3. The Balaban J connectivity index is 0.000000160. The van der Waals surface area contributed by atoms with E-state index in [0.717, 1.165) is 5.56 Å². The number of benzene rings is 5. The number of hydrogen-bond donors (Lipinski definition) is 12. The average Bonchev–Trinajstić information content (AvgIpc) is 1.62. The van der Waals surface area contributed by atoms with E-state index in [9.17, 15) is 67.3 Å². The topological polar surface area (TPSA) is 473 Å². The molecule has 0 amide bonds. The van der Waals surface area contributed by atoms with E-state index in [1.165, 1.54) is 45.6 Å². The Bertz CT molecular complexity index is 6070. The molecule has 3 fully saturated rings. The molecule has 3 saturated carbocycles. The lowest BCUT2D eigenvalue weighted by Crippen LogP contribution is -2.47. The van der Waals surface area contributed by atoms with Crippen LogP contribution >= 0.6 is 23.2 Å². The van der Waals surface area contributed by atoms with Gasteiger partial charge in [0.05, 0.1) is 111 Å². The summed E-state index contributed by atoms with van der Waals surface area (Å²) in [6.45, 7) is 24.1. The number of nitrogens with two attached hydrogens (primary N) is 3. The molecule has 15 N–H and O–H groups in total. The van der Waals surface area contributed by atoms with Gasteiger partial charge >= 0.3 is 0 Å². The van der Waals surface area contributed by atoms with Crippen LogP contribution in [-0.2, 0) is 66.5 Å². The molecule has 139 heavy (non-hydrogen) atoms. The standard InChI is InChI=1S/C34H41FN2O7S.C30H33FN2O6.C24H29ClN2O6.C14H22ClN3O3S/c1-32(2,3)45(41)37-33(4)19-43-31-25(33)18-29(36-30(31)20-7-10-22(35)11-8-20)34(5,40)14-13-26(39)21-9-12-27(28(15-21)42-6)44-24-16-23(38)17-24;1-29(32)16-38-28-22(29)15-26(33-27(28)17-4-7-19(31)8-5-17)30(2,36)11-10-23(35)18-6-9-24(25(12-18)37-3)39-21-13-20(34)14-21;1-23(26)12-32-21-16(23)11-20(27-22(21)25)24(2,30)7-6-17(29)13-4-5-18(19(8-13)31-3)33-15-9-14(28)10-15;1-8(2)22(20)18-13(3)7-21-11-9(13)5-10(17-12(11)15)14(4,19)6-16/h7-12,15,18,23-24,37-38,40H,13-14,16-17,19H2,1-6H3;4-9,12,15,20-21,34,36H,10-11,13-14,16,32H2,1-3H3;4-5,8,11,14-15,28,30H,6-7,9-10,12,26H2,1-3H3;5,8,18-19H,6-7,16H2,1-4H3. The molecular weight excluding hydrogens is 1880 g/mol. The van der Waals surface area contributed by atoms with E-state index >= 15 is 0 Å². The largest absolute Gasteiger partial charge is 0.493 e. The number of methoxy groups -OCH3 is 3. The van der Waals surface area contributed by atoms with Gasteiger partial charge in [0, 0.05) is 120 Å². The fourth-order valence-electron chi connectivity index (χ4n) is 16.3. The van der Waals surface area contributed by atoms with Crippen LogP contribution in [0.4, 0.5) is 8.78 Å². The first-order chi connectivity index (χ1) is 65.2. The number of rotatable bonds is 33. The highest BCUT2D eigenvalue weighted by Crippen LogP contribution is 2.51. The smallest absolute Gasteiger partial charge is 0.171 e. The summed E-state index contributed by atoms with van der Waals surface area (Å²) in [5, 5.41) is 73.4. The van der Waals surface area contributed by atoms with Crippen LogP contribution in [0.15, 0.2) is 127 Å². The fraction of sp³-hybridized carbons (Fsp3) is 0.480. The first-order valence-corrected chi connectivity index (χ1v) is 49.1. The molecule has 8 heterocycles. The van der Waals surface area contributed by atoms with E-state index < -0.39 is 77.1 Å². The number of aliphatic hydroxyl groups is 7. The van der Waals surface area contributed by atoms with Crippen molar-refractivity contribution >= 4 is 62.5 Å². The Morgan fingerprint density at radius 2 is 0.755 bits per heavy atom. The third-order valence-corrected chi connectivity index (χ3v) is 29.6. The molecule has 7 aliphatic rings. The van der Waals surface area contributed by atoms with Crippen LogP contribution in [0.3, 0.4) is 0 Å². The zero-order chi connectivity index (χ0) is 101. The zero-order valence-corrected chi connectivity index (χ0v) is 83.9. The molecule has 37 heteroatoms. The number of aromatic nitrogens is 4. The van der Waals surface area contributed by atoms with Gasteiger partial charge in [0.1, 0.15) is 90.2 Å². The van der Waals surface area contributed by atoms with Crippen molar-refractivity contribution in [1.29, 1.82) is 0 Å². The molecule has 0 bridgehead atoms. The maximum absolute atomic E-state index is 13.8. The van der Waals surface area contributed by atoms with E-state index in [1.54, 1.807) is 131 Å². The number of hydrogen-bond acceptors (Lipinski definition) is 29. The normalized spacial score (nSPS) is 23.9. The maximum Gasteiger partial charge on any atom is 0.171 e. The SMILES string of the molecule is CC(C)S(=O)NC1(C)COc2c1cc(C(C)(O)CN)nc2Cl.COc1cc(C(=O)CCC(C)(O)c2cc3c(c(-c4ccc(F)cc4)n2)OCC3(C)N)ccc1OC1CC(O)C1.COc1cc(C(=O)CCC(C)(O)c2cc3c(c(-c4ccc(F)cc4)n2)OCC3(C)NS(=O)C(C)(C)C)ccc1OC1CC(O)C1.COc1cc(C(=O)CCC(C)(O)c2cc3c(c(Cl)n2)OCC3(C)N)ccc1OC1CC(O)C1. The van der Waals surface area contributed by atoms with Crippen molar-refractivity contribution in [1.82, 2.24) is 29.4 Å². The molecule has 4 aliphatic heterocycles. The van der Waals surface area contributed by atoms with E-state index in [-0.39, 0.29) is 147 Å². The summed E-state index contributed by atoms with van der Waals surface area (Å²) in [7, 11) is 1.86. The molecule has 4 aromatic heterocycles. The van der Waals surface area contributed by atoms with Gasteiger partial charge in [-0.25, -0.2) is 46.6 Å². The Morgan fingerprint density at radius 1 is 0.453 bits per heavy atom. The van der Waals surface area contributed by atoms with E-state index in [1.807, 2.05) is 62.3 Å². The van der Waals surface area contributed by atoms with Crippen LogP contribution in [0.2, 0.25) is 10.3 Å². The molecule has 5 aromatic carbocycles. The molecule has 10 unspecified atom stereocenters. The number of halogens is 4. The van der Waals surface area contributed by atoms with Crippen LogP contribution in [0.1, 0.15) is 243 Å². The molecule has 16 rings (SSSR count). The molecule has 10 atom stereocenters. The molecule has 9 aromatic rings. The van der Waals surface area contributed by atoms with E-state index in [0.29, 0.717) is 175 Å². The predicted octanol–water partition coefficient (Wildman–Crippen LogP) is 13.8. The van der Waals surface area contributed by atoms with Crippen molar-refractivity contribution in [3.8, 4) is 80.0 Å². The number of ether oxygens (including phenoxy) is 10. The van der Waals surface area contributed by atoms with Crippen LogP contribution in [-0.4, -0.2) is 182 Å². The third-order valence-electron chi connectivity index (χ3n) is 25.8. The van der Waals surface area contributed by atoms with Gasteiger partial charge in [-0.2, -0.15) is 0 Å². The van der Waals surface area contributed by atoms with Gasteiger partial charge < -0.3 is 100 Å². The number of pyridine rings is 4. The number of nitrogens with zero attached hydrogens (tertiary/aromatic N) is 4. The van der Waals surface area contributed by atoms with Gasteiger partial charge in [-0.3, -0.25) is 14.4 Å². The predicted molar refractivity (Wildman–Crippen MR) is 521 cm³/mol. The van der Waals surface area contributed by atoms with Crippen LogP contribution < -0.4 is 74.0 Å². The fourth-order valence-corrected chi connectivity index (χ4v) is 18.5. The summed E-state index contributed by atoms with van der Waals surface area (Å²) >= 11 is 12.4. The van der Waals surface area contributed by atoms with Crippen molar-refractivity contribution in [2.45, 2.75) is 258 Å².